The first kappa shape index (κ1) is 8.79. The minimum absolute atomic E-state index is 0.334. The maximum Gasteiger partial charge on any atom is 0.303 e. The fraction of sp³-hybridized carbons (Fsp3) is 0.727. The molecule has 0 spiro atoms. The second-order valence-electron chi connectivity index (χ2n) is 4.47. The van der Waals surface area contributed by atoms with Crippen molar-refractivity contribution in [3.63, 3.8) is 0 Å². The fourth-order valence-electron chi connectivity index (χ4n) is 2.76. The van der Waals surface area contributed by atoms with Gasteiger partial charge in [-0.1, -0.05) is 12.2 Å². The first-order valence-corrected chi connectivity index (χ1v) is 5.11. The van der Waals surface area contributed by atoms with E-state index in [9.17, 15) is 4.79 Å². The predicted octanol–water partition coefficient (Wildman–Crippen LogP) is 2.60. The molecule has 0 saturated heterocycles. The monoisotopic (exact) mass is 180 g/mol. The number of hydrogen-bond donors (Lipinski definition) is 1. The van der Waals surface area contributed by atoms with Crippen LogP contribution in [0.1, 0.15) is 38.5 Å². The number of rotatable bonds is 4. The van der Waals surface area contributed by atoms with Crippen LogP contribution in [0.25, 0.3) is 0 Å². The van der Waals surface area contributed by atoms with Gasteiger partial charge in [0.05, 0.1) is 0 Å². The molecule has 2 aliphatic carbocycles. The smallest absolute Gasteiger partial charge is 0.303 e. The molecule has 0 radical (unpaired) electrons. The molecule has 2 bridgehead atoms. The van der Waals surface area contributed by atoms with E-state index in [0.717, 1.165) is 18.8 Å². The van der Waals surface area contributed by atoms with Crippen LogP contribution in [0.15, 0.2) is 12.2 Å². The van der Waals surface area contributed by atoms with E-state index in [1.54, 1.807) is 0 Å². The molecule has 2 nitrogen and oxygen atoms in total. The Bertz CT molecular complexity index is 244. The summed E-state index contributed by atoms with van der Waals surface area (Å²) >= 11 is 0. The minimum Gasteiger partial charge on any atom is -0.481 e. The predicted molar refractivity (Wildman–Crippen MR) is 50.4 cm³/mol. The highest BCUT2D eigenvalue weighted by Crippen LogP contribution is 2.51. The van der Waals surface area contributed by atoms with Crippen LogP contribution >= 0.6 is 0 Å². The van der Waals surface area contributed by atoms with Crippen LogP contribution in [0.4, 0.5) is 0 Å². The normalized spacial score (nSPS) is 35.5. The summed E-state index contributed by atoms with van der Waals surface area (Å²) in [4.78, 5) is 10.4. The summed E-state index contributed by atoms with van der Waals surface area (Å²) in [5.74, 6) is 0.151. The Labute approximate surface area is 78.6 Å². The van der Waals surface area contributed by atoms with Gasteiger partial charge in [0.25, 0.3) is 0 Å². The van der Waals surface area contributed by atoms with Crippen molar-refractivity contribution in [1.82, 2.24) is 0 Å². The molecular formula is C11H16O2. The zero-order valence-electron chi connectivity index (χ0n) is 7.83. The Morgan fingerprint density at radius 3 is 2.92 bits per heavy atom. The van der Waals surface area contributed by atoms with Gasteiger partial charge in [-0.05, 0) is 43.4 Å². The van der Waals surface area contributed by atoms with Gasteiger partial charge in [-0.3, -0.25) is 4.79 Å². The van der Waals surface area contributed by atoms with Gasteiger partial charge in [0, 0.05) is 6.42 Å². The van der Waals surface area contributed by atoms with Crippen LogP contribution in [0, 0.1) is 11.3 Å². The molecule has 0 aromatic heterocycles. The van der Waals surface area contributed by atoms with E-state index in [4.69, 9.17) is 5.11 Å². The molecular weight excluding hydrogens is 164 g/mol. The standard InChI is InChI=1S/C11H16O2/c12-10(13)2-1-5-11-6-3-9(8-11)4-7-11/h3,6,9H,1-2,4-5,7-8H2,(H,12,13). The maximum absolute atomic E-state index is 10.4. The molecule has 0 amide bonds. The molecule has 1 fully saturated rings. The average molecular weight is 180 g/mol. The van der Waals surface area contributed by atoms with Gasteiger partial charge in [0.1, 0.15) is 0 Å². The van der Waals surface area contributed by atoms with Crippen LogP contribution < -0.4 is 0 Å². The van der Waals surface area contributed by atoms with E-state index >= 15 is 0 Å². The number of allylic oxidation sites excluding steroid dienone is 2. The van der Waals surface area contributed by atoms with E-state index in [-0.39, 0.29) is 0 Å². The first-order valence-electron chi connectivity index (χ1n) is 5.11. The minimum atomic E-state index is -0.659. The molecule has 0 heterocycles. The van der Waals surface area contributed by atoms with Crippen molar-refractivity contribution in [1.29, 1.82) is 0 Å². The van der Waals surface area contributed by atoms with Crippen molar-refractivity contribution in [3.8, 4) is 0 Å². The Hall–Kier alpha value is -0.790. The lowest BCUT2D eigenvalue weighted by Gasteiger charge is -2.22. The number of aliphatic carboxylic acids is 1. The third kappa shape index (κ3) is 1.77. The molecule has 1 saturated carbocycles. The average Bonchev–Trinajstić information content (AvgIpc) is 2.62. The van der Waals surface area contributed by atoms with Gasteiger partial charge in [0.15, 0.2) is 0 Å². The summed E-state index contributed by atoms with van der Waals surface area (Å²) in [5, 5.41) is 8.54. The highest BCUT2D eigenvalue weighted by molar-refractivity contribution is 5.66. The molecule has 2 rings (SSSR count). The van der Waals surface area contributed by atoms with E-state index in [2.05, 4.69) is 12.2 Å². The molecule has 0 aliphatic heterocycles. The second kappa shape index (κ2) is 3.17. The zero-order chi connectivity index (χ0) is 9.31. The lowest BCUT2D eigenvalue weighted by atomic mass is 9.82. The SMILES string of the molecule is O=C(O)CCCC12C=CC(CC1)C2. The number of hydrogen-bond acceptors (Lipinski definition) is 1. The highest BCUT2D eigenvalue weighted by atomic mass is 16.4. The van der Waals surface area contributed by atoms with Crippen LogP contribution in [0.5, 0.6) is 0 Å². The van der Waals surface area contributed by atoms with Gasteiger partial charge >= 0.3 is 5.97 Å². The first-order chi connectivity index (χ1) is 6.20. The molecule has 1 N–H and O–H groups in total. The van der Waals surface area contributed by atoms with Gasteiger partial charge < -0.3 is 5.11 Å². The third-order valence-electron chi connectivity index (χ3n) is 3.47. The van der Waals surface area contributed by atoms with E-state index in [0.29, 0.717) is 11.8 Å². The summed E-state index contributed by atoms with van der Waals surface area (Å²) in [6.45, 7) is 0. The zero-order valence-corrected chi connectivity index (χ0v) is 7.83. The molecule has 2 unspecified atom stereocenters. The van der Waals surface area contributed by atoms with E-state index in [1.165, 1.54) is 19.3 Å². The maximum atomic E-state index is 10.4. The third-order valence-corrected chi connectivity index (χ3v) is 3.47. The van der Waals surface area contributed by atoms with Gasteiger partial charge in [-0.15, -0.1) is 0 Å². The van der Waals surface area contributed by atoms with Crippen molar-refractivity contribution in [3.05, 3.63) is 12.2 Å². The van der Waals surface area contributed by atoms with Gasteiger partial charge in [-0.25, -0.2) is 0 Å². The molecule has 2 heteroatoms. The molecule has 2 aliphatic rings. The molecule has 0 aromatic carbocycles. The van der Waals surface area contributed by atoms with Gasteiger partial charge in [0.2, 0.25) is 0 Å². The molecule has 13 heavy (non-hydrogen) atoms. The van der Waals surface area contributed by atoms with Crippen LogP contribution in [-0.2, 0) is 4.79 Å². The van der Waals surface area contributed by atoms with Crippen LogP contribution in [0.3, 0.4) is 0 Å². The van der Waals surface area contributed by atoms with Crippen molar-refractivity contribution < 1.29 is 9.90 Å². The number of fused-ring (bicyclic) bond motifs is 2. The van der Waals surface area contributed by atoms with Crippen molar-refractivity contribution in [2.75, 3.05) is 0 Å². The molecule has 72 valence electrons. The lowest BCUT2D eigenvalue weighted by molar-refractivity contribution is -0.137. The van der Waals surface area contributed by atoms with E-state index in [1.807, 2.05) is 0 Å². The van der Waals surface area contributed by atoms with E-state index < -0.39 is 5.97 Å². The number of carboxylic acid groups (broad SMARTS) is 1. The summed E-state index contributed by atoms with van der Waals surface area (Å²) < 4.78 is 0. The van der Waals surface area contributed by atoms with Gasteiger partial charge in [-0.2, -0.15) is 0 Å². The number of carbonyl (C=O) groups is 1. The van der Waals surface area contributed by atoms with Crippen LogP contribution in [0.2, 0.25) is 0 Å². The fourth-order valence-corrected chi connectivity index (χ4v) is 2.76. The van der Waals surface area contributed by atoms with Crippen LogP contribution in [-0.4, -0.2) is 11.1 Å². The Morgan fingerprint density at radius 2 is 2.46 bits per heavy atom. The molecule has 2 atom stereocenters. The Kier molecular flexibility index (Phi) is 2.14. The Balaban J connectivity index is 1.81. The summed E-state index contributed by atoms with van der Waals surface area (Å²) in [7, 11) is 0. The van der Waals surface area contributed by atoms with Crippen molar-refractivity contribution >= 4 is 5.97 Å². The topological polar surface area (TPSA) is 37.3 Å². The summed E-state index contributed by atoms with van der Waals surface area (Å²) in [5.41, 5.74) is 0.403. The largest absolute Gasteiger partial charge is 0.481 e. The quantitative estimate of drug-likeness (QED) is 0.675. The Morgan fingerprint density at radius 1 is 1.62 bits per heavy atom. The highest BCUT2D eigenvalue weighted by Gasteiger charge is 2.39. The number of carboxylic acids is 1. The van der Waals surface area contributed by atoms with Crippen molar-refractivity contribution in [2.45, 2.75) is 38.5 Å². The molecule has 0 aromatic rings. The lowest BCUT2D eigenvalue weighted by Crippen LogP contribution is -2.11. The van der Waals surface area contributed by atoms with Crippen molar-refractivity contribution in [2.24, 2.45) is 11.3 Å². The summed E-state index contributed by atoms with van der Waals surface area (Å²) in [6, 6.07) is 0. The second-order valence-corrected chi connectivity index (χ2v) is 4.47. The summed E-state index contributed by atoms with van der Waals surface area (Å²) in [6.07, 6.45) is 10.8.